The molecule has 3 saturated carbocycles. The van der Waals surface area contributed by atoms with Crippen molar-refractivity contribution < 1.29 is 13.2 Å². The number of nitrogens with zero attached hydrogens (tertiary/aromatic N) is 1. The van der Waals surface area contributed by atoms with Gasteiger partial charge in [0.05, 0.1) is 17.4 Å². The maximum Gasteiger partial charge on any atom is 0.217 e. The summed E-state index contributed by atoms with van der Waals surface area (Å²) in [7, 11) is -3.09. The minimum Gasteiger partial charge on any atom is -0.363 e. The smallest absolute Gasteiger partial charge is 0.217 e. The van der Waals surface area contributed by atoms with Crippen molar-refractivity contribution in [2.45, 2.75) is 79.4 Å². The first-order valence-electron chi connectivity index (χ1n) is 8.32. The molecule has 6 heteroatoms. The van der Waals surface area contributed by atoms with Crippen LogP contribution in [-0.2, 0) is 14.8 Å². The Hall–Kier alpha value is 0.600. The molecule has 1 heterocycles. The van der Waals surface area contributed by atoms with Gasteiger partial charge in [0.1, 0.15) is 4.11 Å². The Bertz CT molecular complexity index is 517. The van der Waals surface area contributed by atoms with Crippen LogP contribution >= 0.6 is 22.6 Å². The van der Waals surface area contributed by atoms with E-state index in [1.54, 1.807) is 0 Å². The number of rotatable bonds is 3. The van der Waals surface area contributed by atoms with Crippen molar-refractivity contribution in [1.29, 1.82) is 0 Å². The highest BCUT2D eigenvalue weighted by atomic mass is 127. The monoisotopic (exact) mass is 425 g/mol. The number of halogens is 1. The van der Waals surface area contributed by atoms with Gasteiger partial charge in [-0.05, 0) is 44.4 Å². The molecule has 0 radical (unpaired) electrons. The molecule has 21 heavy (non-hydrogen) atoms. The predicted molar refractivity (Wildman–Crippen MR) is 89.8 cm³/mol. The highest BCUT2D eigenvalue weighted by Gasteiger charge is 2.67. The Labute approximate surface area is 141 Å². The van der Waals surface area contributed by atoms with Crippen LogP contribution in [0.2, 0.25) is 0 Å². The second-order valence-electron chi connectivity index (χ2n) is 7.23. The van der Waals surface area contributed by atoms with Crippen LogP contribution in [0.25, 0.3) is 0 Å². The molecule has 0 aromatic heterocycles. The molecule has 1 aliphatic heterocycles. The zero-order valence-electron chi connectivity index (χ0n) is 12.4. The third-order valence-corrected chi connectivity index (χ3v) is 8.81. The van der Waals surface area contributed by atoms with E-state index >= 15 is 0 Å². The summed E-state index contributed by atoms with van der Waals surface area (Å²) >= 11 is 2.29. The lowest BCUT2D eigenvalue weighted by Gasteiger charge is -2.37. The van der Waals surface area contributed by atoms with Crippen LogP contribution in [0.3, 0.4) is 0 Å². The molecule has 6 unspecified atom stereocenters. The summed E-state index contributed by atoms with van der Waals surface area (Å²) in [6.45, 7) is 2.05. The molecule has 4 fully saturated rings. The molecule has 4 aliphatic rings. The van der Waals surface area contributed by atoms with Gasteiger partial charge in [-0.2, -0.15) is 4.31 Å². The molecule has 6 atom stereocenters. The first-order chi connectivity index (χ1) is 10.00. The minimum absolute atomic E-state index is 0.0983. The van der Waals surface area contributed by atoms with Crippen molar-refractivity contribution in [2.75, 3.05) is 0 Å². The van der Waals surface area contributed by atoms with E-state index in [4.69, 9.17) is 4.74 Å². The number of sulfonamides is 1. The molecule has 0 aromatic carbocycles. The van der Waals surface area contributed by atoms with Gasteiger partial charge in [-0.1, -0.05) is 41.9 Å². The average Bonchev–Trinajstić information content (AvgIpc) is 3.03. The van der Waals surface area contributed by atoms with Crippen molar-refractivity contribution in [3.63, 3.8) is 0 Å². The third kappa shape index (κ3) is 2.22. The van der Waals surface area contributed by atoms with Gasteiger partial charge in [-0.25, -0.2) is 8.42 Å². The third-order valence-electron chi connectivity index (χ3n) is 6.08. The number of fused-ring (bicyclic) bond motifs is 1. The van der Waals surface area contributed by atoms with Crippen molar-refractivity contribution in [3.05, 3.63) is 0 Å². The van der Waals surface area contributed by atoms with Crippen LogP contribution in [0, 0.1) is 11.8 Å². The second kappa shape index (κ2) is 5.31. The molecule has 2 bridgehead atoms. The quantitative estimate of drug-likeness (QED) is 0.516. The van der Waals surface area contributed by atoms with Crippen molar-refractivity contribution >= 4 is 32.6 Å². The second-order valence-corrected chi connectivity index (χ2v) is 11.0. The Kier molecular flexibility index (Phi) is 3.83. The fourth-order valence-corrected chi connectivity index (χ4v) is 8.52. The summed E-state index contributed by atoms with van der Waals surface area (Å²) in [5, 5.41) is -0.0983. The zero-order valence-corrected chi connectivity index (χ0v) is 15.4. The normalized spacial score (nSPS) is 47.0. The molecule has 0 N–H and O–H groups in total. The summed E-state index contributed by atoms with van der Waals surface area (Å²) in [5.41, 5.74) is 0. The molecule has 1 saturated heterocycles. The Balaban J connectivity index is 1.68. The fourth-order valence-electron chi connectivity index (χ4n) is 5.42. The molecule has 3 aliphatic carbocycles. The fraction of sp³-hybridized carbons (Fsp3) is 1.00. The van der Waals surface area contributed by atoms with E-state index in [0.717, 1.165) is 25.7 Å². The molecule has 0 amide bonds. The molecular weight excluding hydrogens is 401 g/mol. The first kappa shape index (κ1) is 15.1. The summed E-state index contributed by atoms with van der Waals surface area (Å²) < 4.78 is 34.3. The van der Waals surface area contributed by atoms with Crippen molar-refractivity contribution in [2.24, 2.45) is 11.8 Å². The Morgan fingerprint density at radius 1 is 1.19 bits per heavy atom. The Morgan fingerprint density at radius 3 is 2.57 bits per heavy atom. The van der Waals surface area contributed by atoms with Gasteiger partial charge in [0.15, 0.2) is 0 Å². The van der Waals surface area contributed by atoms with Gasteiger partial charge >= 0.3 is 0 Å². The molecule has 0 spiro atoms. The van der Waals surface area contributed by atoms with E-state index in [-0.39, 0.29) is 27.5 Å². The number of ether oxygens (including phenoxy) is 1. The van der Waals surface area contributed by atoms with Crippen molar-refractivity contribution in [1.82, 2.24) is 4.31 Å². The summed E-state index contributed by atoms with van der Waals surface area (Å²) in [6, 6.07) is 0.382. The van der Waals surface area contributed by atoms with Crippen LogP contribution in [-0.4, -0.2) is 40.3 Å². The van der Waals surface area contributed by atoms with E-state index in [0.29, 0.717) is 11.8 Å². The van der Waals surface area contributed by atoms with Crippen LogP contribution in [0.5, 0.6) is 0 Å². The Morgan fingerprint density at radius 2 is 1.90 bits per heavy atom. The van der Waals surface area contributed by atoms with E-state index in [2.05, 4.69) is 29.5 Å². The highest BCUT2D eigenvalue weighted by molar-refractivity contribution is 14.1. The van der Waals surface area contributed by atoms with E-state index < -0.39 is 10.0 Å². The summed E-state index contributed by atoms with van der Waals surface area (Å²) in [4.78, 5) is 0. The first-order valence-corrected chi connectivity index (χ1v) is 11.1. The zero-order chi connectivity index (χ0) is 14.8. The lowest BCUT2D eigenvalue weighted by molar-refractivity contribution is -0.0234. The lowest BCUT2D eigenvalue weighted by Crippen LogP contribution is -2.49. The van der Waals surface area contributed by atoms with Gasteiger partial charge in [-0.3, -0.25) is 0 Å². The summed E-state index contributed by atoms with van der Waals surface area (Å²) in [6.07, 6.45) is 7.74. The SMILES string of the molecule is CC(I)OC1C2CC3C1N(C1CCCCC1)S(=O)(=O)C3C2. The molecule has 4 nitrogen and oxygen atoms in total. The van der Waals surface area contributed by atoms with Gasteiger partial charge < -0.3 is 4.74 Å². The summed E-state index contributed by atoms with van der Waals surface area (Å²) in [5.74, 6) is 0.799. The maximum absolute atomic E-state index is 13.0. The molecule has 120 valence electrons. The maximum atomic E-state index is 13.0. The minimum atomic E-state index is -3.09. The average molecular weight is 425 g/mol. The number of hydrogen-bond donors (Lipinski definition) is 0. The van der Waals surface area contributed by atoms with Gasteiger partial charge in [0.25, 0.3) is 0 Å². The van der Waals surface area contributed by atoms with E-state index in [1.807, 2.05) is 4.31 Å². The van der Waals surface area contributed by atoms with Crippen molar-refractivity contribution in [3.8, 4) is 0 Å². The topological polar surface area (TPSA) is 46.6 Å². The molecule has 0 aromatic rings. The van der Waals surface area contributed by atoms with Gasteiger partial charge in [0.2, 0.25) is 10.0 Å². The van der Waals surface area contributed by atoms with Crippen LogP contribution in [0.4, 0.5) is 0 Å². The van der Waals surface area contributed by atoms with E-state index in [1.165, 1.54) is 19.3 Å². The number of hydrogen-bond acceptors (Lipinski definition) is 3. The standard InChI is InChI=1S/C15H24INO3S/c1-9(16)20-15-10-7-12-13(8-10)21(18,19)17(14(12)15)11-5-3-2-4-6-11/h9-15H,2-8H2,1H3. The van der Waals surface area contributed by atoms with Gasteiger partial charge in [-0.15, -0.1) is 0 Å². The van der Waals surface area contributed by atoms with Crippen LogP contribution in [0.15, 0.2) is 0 Å². The predicted octanol–water partition coefficient (Wildman–Crippen LogP) is 2.91. The van der Waals surface area contributed by atoms with Gasteiger partial charge in [0, 0.05) is 6.04 Å². The largest absolute Gasteiger partial charge is 0.363 e. The van der Waals surface area contributed by atoms with Crippen LogP contribution < -0.4 is 0 Å². The molecule has 4 rings (SSSR count). The lowest BCUT2D eigenvalue weighted by atomic mass is 9.89. The highest BCUT2D eigenvalue weighted by Crippen LogP contribution is 2.58. The number of alkyl halides is 1. The van der Waals surface area contributed by atoms with Crippen LogP contribution in [0.1, 0.15) is 51.9 Å². The van der Waals surface area contributed by atoms with E-state index in [9.17, 15) is 8.42 Å². The molecular formula is C15H24INO3S.